The highest BCUT2D eigenvalue weighted by Gasteiger charge is 2.30. The standard InChI is InChI=1S/C28H39N3O4S/c1-4-26(28(33)29-24-14-8-9-15-24)30(21-23-13-10-12-22(2)20-23)27(32)18-11-19-31(36(3,34)35)25-16-6-5-7-17-25/h5-7,10,12-13,16-17,20,24,26H,4,8-9,11,14-15,18-19,21H2,1-3H3,(H,29,33)/t26-/m0/s1. The van der Waals surface area contributed by atoms with Gasteiger partial charge in [0, 0.05) is 25.6 Å². The topological polar surface area (TPSA) is 86.8 Å². The molecular weight excluding hydrogens is 474 g/mol. The van der Waals surface area contributed by atoms with Gasteiger partial charge in [0.05, 0.1) is 11.9 Å². The summed E-state index contributed by atoms with van der Waals surface area (Å²) < 4.78 is 26.1. The molecule has 0 bridgehead atoms. The maximum absolute atomic E-state index is 13.5. The van der Waals surface area contributed by atoms with Crippen LogP contribution in [0, 0.1) is 6.92 Å². The number of sulfonamides is 1. The smallest absolute Gasteiger partial charge is 0.243 e. The maximum Gasteiger partial charge on any atom is 0.243 e. The van der Waals surface area contributed by atoms with Crippen molar-refractivity contribution in [3.8, 4) is 0 Å². The van der Waals surface area contributed by atoms with Crippen LogP contribution in [-0.2, 0) is 26.2 Å². The van der Waals surface area contributed by atoms with Crippen LogP contribution in [0.1, 0.15) is 63.0 Å². The summed E-state index contributed by atoms with van der Waals surface area (Å²) in [6, 6.07) is 16.5. The Labute approximate surface area is 215 Å². The van der Waals surface area contributed by atoms with Crippen LogP contribution in [0.4, 0.5) is 5.69 Å². The maximum atomic E-state index is 13.5. The number of amides is 2. The summed E-state index contributed by atoms with van der Waals surface area (Å²) in [7, 11) is -3.49. The molecule has 196 valence electrons. The van der Waals surface area contributed by atoms with Crippen LogP contribution < -0.4 is 9.62 Å². The average Bonchev–Trinajstić information content (AvgIpc) is 3.34. The van der Waals surface area contributed by atoms with Gasteiger partial charge in [-0.1, -0.05) is 67.8 Å². The van der Waals surface area contributed by atoms with Gasteiger partial charge in [0.15, 0.2) is 0 Å². The lowest BCUT2D eigenvalue weighted by Crippen LogP contribution is -2.51. The Morgan fingerprint density at radius 1 is 1.06 bits per heavy atom. The van der Waals surface area contributed by atoms with Gasteiger partial charge in [-0.15, -0.1) is 0 Å². The van der Waals surface area contributed by atoms with E-state index in [1.165, 1.54) is 10.6 Å². The summed E-state index contributed by atoms with van der Waals surface area (Å²) in [5, 5.41) is 3.16. The van der Waals surface area contributed by atoms with Crippen molar-refractivity contribution in [3.63, 3.8) is 0 Å². The first-order valence-corrected chi connectivity index (χ1v) is 14.7. The molecule has 2 amide bonds. The molecule has 0 heterocycles. The van der Waals surface area contributed by atoms with Gasteiger partial charge in [-0.2, -0.15) is 0 Å². The van der Waals surface area contributed by atoms with Gasteiger partial charge >= 0.3 is 0 Å². The number of nitrogens with one attached hydrogen (secondary N) is 1. The molecule has 1 aliphatic rings. The number of hydrogen-bond donors (Lipinski definition) is 1. The molecule has 1 aliphatic carbocycles. The highest BCUT2D eigenvalue weighted by atomic mass is 32.2. The third-order valence-corrected chi connectivity index (χ3v) is 7.91. The molecule has 0 unspecified atom stereocenters. The molecule has 1 fully saturated rings. The molecule has 1 saturated carbocycles. The summed E-state index contributed by atoms with van der Waals surface area (Å²) in [4.78, 5) is 28.4. The van der Waals surface area contributed by atoms with E-state index in [0.717, 1.165) is 36.8 Å². The number of anilines is 1. The Morgan fingerprint density at radius 2 is 1.75 bits per heavy atom. The number of carbonyl (C=O) groups is 2. The van der Waals surface area contributed by atoms with Crippen LogP contribution in [-0.4, -0.2) is 50.0 Å². The molecule has 0 radical (unpaired) electrons. The van der Waals surface area contributed by atoms with Crippen molar-refractivity contribution >= 4 is 27.5 Å². The van der Waals surface area contributed by atoms with Crippen molar-refractivity contribution in [2.24, 2.45) is 0 Å². The number of rotatable bonds is 12. The Bertz CT molecular complexity index is 1110. The van der Waals surface area contributed by atoms with Crippen LogP contribution >= 0.6 is 0 Å². The third-order valence-electron chi connectivity index (χ3n) is 6.72. The second kappa shape index (κ2) is 12.9. The molecule has 0 aliphatic heterocycles. The number of aryl methyl sites for hydroxylation is 1. The minimum atomic E-state index is -3.49. The predicted molar refractivity (Wildman–Crippen MR) is 144 cm³/mol. The van der Waals surface area contributed by atoms with Crippen LogP contribution in [0.15, 0.2) is 54.6 Å². The normalized spacial score (nSPS) is 14.9. The van der Waals surface area contributed by atoms with E-state index in [-0.39, 0.29) is 30.8 Å². The van der Waals surface area contributed by atoms with Crippen molar-refractivity contribution in [2.75, 3.05) is 17.1 Å². The molecule has 2 aromatic carbocycles. The van der Waals surface area contributed by atoms with Crippen LogP contribution in [0.3, 0.4) is 0 Å². The van der Waals surface area contributed by atoms with E-state index < -0.39 is 16.1 Å². The summed E-state index contributed by atoms with van der Waals surface area (Å²) >= 11 is 0. The van der Waals surface area contributed by atoms with Crippen LogP contribution in [0.5, 0.6) is 0 Å². The first-order chi connectivity index (χ1) is 17.2. The third kappa shape index (κ3) is 7.82. The molecule has 3 rings (SSSR count). The molecule has 7 nitrogen and oxygen atoms in total. The minimum absolute atomic E-state index is 0.104. The number of para-hydroxylation sites is 1. The zero-order valence-electron chi connectivity index (χ0n) is 21.7. The molecular formula is C28H39N3O4S. The summed E-state index contributed by atoms with van der Waals surface area (Å²) in [6.45, 7) is 4.46. The lowest BCUT2D eigenvalue weighted by molar-refractivity contribution is -0.141. The number of hydrogen-bond acceptors (Lipinski definition) is 4. The largest absolute Gasteiger partial charge is 0.352 e. The van der Waals surface area contributed by atoms with Crippen LogP contribution in [0.2, 0.25) is 0 Å². The van der Waals surface area contributed by atoms with E-state index in [1.54, 1.807) is 29.2 Å². The monoisotopic (exact) mass is 513 g/mol. The van der Waals surface area contributed by atoms with Crippen molar-refractivity contribution in [2.45, 2.75) is 77.4 Å². The van der Waals surface area contributed by atoms with Crippen molar-refractivity contribution in [1.82, 2.24) is 10.2 Å². The summed E-state index contributed by atoms with van der Waals surface area (Å²) in [6.07, 6.45) is 6.38. The van der Waals surface area contributed by atoms with E-state index in [9.17, 15) is 18.0 Å². The molecule has 36 heavy (non-hydrogen) atoms. The van der Waals surface area contributed by atoms with Crippen molar-refractivity contribution in [1.29, 1.82) is 0 Å². The SMILES string of the molecule is CC[C@@H](C(=O)NC1CCCC1)N(Cc1cccc(C)c1)C(=O)CCCN(c1ccccc1)S(C)(=O)=O. The molecule has 0 saturated heterocycles. The van der Waals surface area contributed by atoms with E-state index in [4.69, 9.17) is 0 Å². The predicted octanol–water partition coefficient (Wildman–Crippen LogP) is 4.41. The average molecular weight is 514 g/mol. The Morgan fingerprint density at radius 3 is 2.36 bits per heavy atom. The van der Waals surface area contributed by atoms with Gasteiger partial charge in [0.25, 0.3) is 0 Å². The number of carbonyl (C=O) groups excluding carboxylic acids is 2. The first-order valence-electron chi connectivity index (χ1n) is 12.9. The minimum Gasteiger partial charge on any atom is -0.352 e. The Kier molecular flexibility index (Phi) is 9.93. The molecule has 2 aromatic rings. The fourth-order valence-corrected chi connectivity index (χ4v) is 5.86. The number of benzene rings is 2. The van der Waals surface area contributed by atoms with E-state index >= 15 is 0 Å². The van der Waals surface area contributed by atoms with E-state index in [1.807, 2.05) is 44.2 Å². The fraction of sp³-hybridized carbons (Fsp3) is 0.500. The van der Waals surface area contributed by atoms with Gasteiger partial charge in [-0.3, -0.25) is 13.9 Å². The van der Waals surface area contributed by atoms with Gasteiger partial charge in [0.1, 0.15) is 6.04 Å². The molecule has 8 heteroatoms. The summed E-state index contributed by atoms with van der Waals surface area (Å²) in [5.74, 6) is -0.251. The number of nitrogens with zero attached hydrogens (tertiary/aromatic N) is 2. The molecule has 1 atom stereocenters. The Hall–Kier alpha value is -2.87. The zero-order valence-corrected chi connectivity index (χ0v) is 22.5. The highest BCUT2D eigenvalue weighted by Crippen LogP contribution is 2.21. The fourth-order valence-electron chi connectivity index (χ4n) is 4.89. The Balaban J connectivity index is 1.74. The molecule has 0 aromatic heterocycles. The van der Waals surface area contributed by atoms with Gasteiger partial charge < -0.3 is 10.2 Å². The highest BCUT2D eigenvalue weighted by molar-refractivity contribution is 7.92. The van der Waals surface area contributed by atoms with Crippen molar-refractivity contribution < 1.29 is 18.0 Å². The van der Waals surface area contributed by atoms with E-state index in [2.05, 4.69) is 5.32 Å². The first kappa shape index (κ1) is 27.7. The lowest BCUT2D eigenvalue weighted by Gasteiger charge is -2.32. The zero-order chi connectivity index (χ0) is 26.1. The molecule has 1 N–H and O–H groups in total. The summed E-state index contributed by atoms with van der Waals surface area (Å²) in [5.41, 5.74) is 2.64. The van der Waals surface area contributed by atoms with Crippen LogP contribution in [0.25, 0.3) is 0 Å². The second-order valence-electron chi connectivity index (χ2n) is 9.70. The van der Waals surface area contributed by atoms with Crippen molar-refractivity contribution in [3.05, 3.63) is 65.7 Å². The quantitative estimate of drug-likeness (QED) is 0.456. The van der Waals surface area contributed by atoms with E-state index in [0.29, 0.717) is 25.1 Å². The molecule has 0 spiro atoms. The van der Waals surface area contributed by atoms with Gasteiger partial charge in [-0.05, 0) is 50.3 Å². The lowest BCUT2D eigenvalue weighted by atomic mass is 10.1. The van der Waals surface area contributed by atoms with Gasteiger partial charge in [0.2, 0.25) is 21.8 Å². The second-order valence-corrected chi connectivity index (χ2v) is 11.6. The van der Waals surface area contributed by atoms with Gasteiger partial charge in [-0.25, -0.2) is 8.42 Å².